The van der Waals surface area contributed by atoms with Crippen LogP contribution in [0.3, 0.4) is 0 Å². The van der Waals surface area contributed by atoms with Gasteiger partial charge in [0.1, 0.15) is 18.2 Å². The van der Waals surface area contributed by atoms with E-state index in [1.165, 1.54) is 0 Å². The number of nitrogens with zero attached hydrogens (tertiary/aromatic N) is 2. The molecule has 0 radical (unpaired) electrons. The number of benzene rings is 1. The van der Waals surface area contributed by atoms with Crippen LogP contribution in [0, 0.1) is 0 Å². The molecule has 0 unspecified atom stereocenters. The first-order valence-corrected chi connectivity index (χ1v) is 6.76. The maximum atomic E-state index is 9.14. The Balaban J connectivity index is 2.21. The second-order valence-corrected chi connectivity index (χ2v) is 4.30. The van der Waals surface area contributed by atoms with Crippen LogP contribution in [0.1, 0.15) is 18.3 Å². The number of hydrogen-bond donors (Lipinski definition) is 2. The molecule has 0 aliphatic carbocycles. The Kier molecular flexibility index (Phi) is 5.48. The van der Waals surface area contributed by atoms with Gasteiger partial charge >= 0.3 is 0 Å². The second-order valence-electron chi connectivity index (χ2n) is 4.30. The van der Waals surface area contributed by atoms with Crippen molar-refractivity contribution in [3.8, 4) is 11.6 Å². The summed E-state index contributed by atoms with van der Waals surface area (Å²) in [6, 6.07) is 8.93. The first-order chi connectivity index (χ1) is 10.2. The summed E-state index contributed by atoms with van der Waals surface area (Å²) in [6.07, 6.45) is 0. The highest BCUT2D eigenvalue weighted by atomic mass is 16.5. The summed E-state index contributed by atoms with van der Waals surface area (Å²) in [5.74, 6) is 2.26. The van der Waals surface area contributed by atoms with Gasteiger partial charge in [-0.25, -0.2) is 4.98 Å². The lowest BCUT2D eigenvalue weighted by Gasteiger charge is -2.09. The molecule has 1 heterocycles. The van der Waals surface area contributed by atoms with E-state index in [0.717, 1.165) is 5.56 Å². The quantitative estimate of drug-likeness (QED) is 0.814. The summed E-state index contributed by atoms with van der Waals surface area (Å²) in [7, 11) is 1.78. The van der Waals surface area contributed by atoms with E-state index >= 15 is 0 Å². The molecule has 0 spiro atoms. The molecule has 1 aromatic carbocycles. The number of hydrogen-bond acceptors (Lipinski definition) is 6. The first-order valence-electron chi connectivity index (χ1n) is 6.76. The molecule has 0 atom stereocenters. The lowest BCUT2D eigenvalue weighted by atomic mass is 10.2. The topological polar surface area (TPSA) is 76.5 Å². The number of aliphatic hydroxyl groups is 1. The van der Waals surface area contributed by atoms with Crippen LogP contribution in [0.5, 0.6) is 11.6 Å². The predicted molar refractivity (Wildman–Crippen MR) is 79.3 cm³/mol. The van der Waals surface area contributed by atoms with E-state index in [9.17, 15) is 0 Å². The Morgan fingerprint density at radius 1 is 1.24 bits per heavy atom. The summed E-state index contributed by atoms with van der Waals surface area (Å²) >= 11 is 0. The highest BCUT2D eigenvalue weighted by Gasteiger charge is 2.06. The summed E-state index contributed by atoms with van der Waals surface area (Å²) < 4.78 is 11.0. The molecule has 0 saturated heterocycles. The summed E-state index contributed by atoms with van der Waals surface area (Å²) in [6.45, 7) is 2.82. The molecule has 0 fully saturated rings. The van der Waals surface area contributed by atoms with Crippen LogP contribution in [0.4, 0.5) is 5.82 Å². The fourth-order valence-electron chi connectivity index (χ4n) is 1.74. The number of nitrogens with one attached hydrogen (secondary N) is 1. The van der Waals surface area contributed by atoms with Gasteiger partial charge in [0.05, 0.1) is 6.61 Å². The molecule has 0 saturated carbocycles. The van der Waals surface area contributed by atoms with Gasteiger partial charge in [0.25, 0.3) is 0 Å². The monoisotopic (exact) mass is 289 g/mol. The lowest BCUT2D eigenvalue weighted by Crippen LogP contribution is -2.04. The minimum absolute atomic E-state index is 0.0294. The normalized spacial score (nSPS) is 10.4. The fourth-order valence-corrected chi connectivity index (χ4v) is 1.74. The molecular weight excluding hydrogens is 270 g/mol. The predicted octanol–water partition coefficient (Wildman–Crippen LogP) is 2.34. The van der Waals surface area contributed by atoms with E-state index < -0.39 is 0 Å². The third-order valence-electron chi connectivity index (χ3n) is 2.74. The van der Waals surface area contributed by atoms with Crippen LogP contribution in [0.15, 0.2) is 30.3 Å². The van der Waals surface area contributed by atoms with E-state index in [-0.39, 0.29) is 6.61 Å². The molecule has 21 heavy (non-hydrogen) atoms. The second kappa shape index (κ2) is 7.56. The van der Waals surface area contributed by atoms with Crippen molar-refractivity contribution in [2.45, 2.75) is 20.1 Å². The lowest BCUT2D eigenvalue weighted by molar-refractivity contribution is 0.128. The maximum Gasteiger partial charge on any atom is 0.224 e. The van der Waals surface area contributed by atoms with Crippen molar-refractivity contribution in [1.82, 2.24) is 9.97 Å². The van der Waals surface area contributed by atoms with Crippen LogP contribution >= 0.6 is 0 Å². The van der Waals surface area contributed by atoms with E-state index in [0.29, 0.717) is 36.5 Å². The van der Waals surface area contributed by atoms with Gasteiger partial charge in [0.15, 0.2) is 5.82 Å². The van der Waals surface area contributed by atoms with Crippen LogP contribution < -0.4 is 10.1 Å². The van der Waals surface area contributed by atoms with Crippen molar-refractivity contribution in [1.29, 1.82) is 0 Å². The van der Waals surface area contributed by atoms with Gasteiger partial charge in [-0.05, 0) is 24.6 Å². The Hall–Kier alpha value is -2.18. The van der Waals surface area contributed by atoms with Gasteiger partial charge in [-0.1, -0.05) is 12.1 Å². The largest absolute Gasteiger partial charge is 0.439 e. The van der Waals surface area contributed by atoms with Crippen LogP contribution in [-0.4, -0.2) is 28.7 Å². The number of rotatable bonds is 7. The molecule has 0 amide bonds. The highest BCUT2D eigenvalue weighted by molar-refractivity contribution is 5.40. The van der Waals surface area contributed by atoms with Gasteiger partial charge in [-0.3, -0.25) is 0 Å². The zero-order valence-corrected chi connectivity index (χ0v) is 12.2. The van der Waals surface area contributed by atoms with E-state index in [4.69, 9.17) is 14.6 Å². The smallest absolute Gasteiger partial charge is 0.224 e. The zero-order valence-electron chi connectivity index (χ0n) is 12.2. The standard InChI is InChI=1S/C15H19N3O3/c1-3-20-10-14-17-13(16-2)8-15(18-14)21-12-6-4-5-11(7-12)9-19/h4-8,19H,3,9-10H2,1-2H3,(H,16,17,18). The molecule has 6 nitrogen and oxygen atoms in total. The molecule has 1 aromatic heterocycles. The number of aromatic nitrogens is 2. The Bertz CT molecular complexity index is 590. The molecule has 0 aliphatic rings. The highest BCUT2D eigenvalue weighted by Crippen LogP contribution is 2.22. The molecule has 2 N–H and O–H groups in total. The Labute approximate surface area is 123 Å². The van der Waals surface area contributed by atoms with Gasteiger partial charge in [-0.2, -0.15) is 4.98 Å². The van der Waals surface area contributed by atoms with E-state index in [2.05, 4.69) is 15.3 Å². The molecule has 6 heteroatoms. The SMILES string of the molecule is CCOCc1nc(NC)cc(Oc2cccc(CO)c2)n1. The molecule has 0 bridgehead atoms. The number of aliphatic hydroxyl groups excluding tert-OH is 1. The van der Waals surface area contributed by atoms with Crippen molar-refractivity contribution in [3.63, 3.8) is 0 Å². The maximum absolute atomic E-state index is 9.14. The van der Waals surface area contributed by atoms with Crippen molar-refractivity contribution in [2.24, 2.45) is 0 Å². The Morgan fingerprint density at radius 3 is 2.81 bits per heavy atom. The summed E-state index contributed by atoms with van der Waals surface area (Å²) in [4.78, 5) is 8.61. The molecule has 2 aromatic rings. The third kappa shape index (κ3) is 4.40. The van der Waals surface area contributed by atoms with Crippen LogP contribution in [0.25, 0.3) is 0 Å². The average molecular weight is 289 g/mol. The van der Waals surface area contributed by atoms with Crippen LogP contribution in [0.2, 0.25) is 0 Å². The molecule has 0 aliphatic heterocycles. The van der Waals surface area contributed by atoms with Gasteiger partial charge in [0.2, 0.25) is 5.88 Å². The van der Waals surface area contributed by atoms with Crippen molar-refractivity contribution >= 4 is 5.82 Å². The van der Waals surface area contributed by atoms with Gasteiger partial charge in [0, 0.05) is 19.7 Å². The molecule has 2 rings (SSSR count). The van der Waals surface area contributed by atoms with Crippen molar-refractivity contribution < 1.29 is 14.6 Å². The molecule has 112 valence electrons. The number of ether oxygens (including phenoxy) is 2. The van der Waals surface area contributed by atoms with Crippen LogP contribution in [-0.2, 0) is 18.0 Å². The Morgan fingerprint density at radius 2 is 2.10 bits per heavy atom. The fraction of sp³-hybridized carbons (Fsp3) is 0.333. The summed E-state index contributed by atoms with van der Waals surface area (Å²) in [5.41, 5.74) is 0.782. The molecular formula is C15H19N3O3. The van der Waals surface area contributed by atoms with Crippen molar-refractivity contribution in [3.05, 3.63) is 41.7 Å². The first kappa shape index (κ1) is 15.2. The minimum atomic E-state index is -0.0294. The van der Waals surface area contributed by atoms with Crippen molar-refractivity contribution in [2.75, 3.05) is 19.0 Å². The van der Waals surface area contributed by atoms with E-state index in [1.54, 1.807) is 19.2 Å². The van der Waals surface area contributed by atoms with Gasteiger partial charge in [-0.15, -0.1) is 0 Å². The average Bonchev–Trinajstić information content (AvgIpc) is 2.52. The van der Waals surface area contributed by atoms with Gasteiger partial charge < -0.3 is 19.9 Å². The summed E-state index contributed by atoms with van der Waals surface area (Å²) in [5, 5.41) is 12.1. The number of anilines is 1. The third-order valence-corrected chi connectivity index (χ3v) is 2.74. The van der Waals surface area contributed by atoms with E-state index in [1.807, 2.05) is 25.1 Å². The minimum Gasteiger partial charge on any atom is -0.439 e. The zero-order chi connectivity index (χ0) is 15.1.